The van der Waals surface area contributed by atoms with E-state index in [1.54, 1.807) is 11.3 Å². The van der Waals surface area contributed by atoms with Crippen LogP contribution in [-0.2, 0) is 4.79 Å². The molecule has 0 spiro atoms. The molecule has 1 amide bonds. The minimum Gasteiger partial charge on any atom is -0.321 e. The van der Waals surface area contributed by atoms with Gasteiger partial charge in [-0.3, -0.25) is 10.1 Å². The van der Waals surface area contributed by atoms with Gasteiger partial charge in [0.15, 0.2) is 0 Å². The first-order chi connectivity index (χ1) is 9.93. The molecule has 1 aromatic rings. The summed E-state index contributed by atoms with van der Waals surface area (Å²) in [6.45, 7) is 11.7. The molecule has 0 saturated carbocycles. The van der Waals surface area contributed by atoms with E-state index in [0.717, 1.165) is 19.4 Å². The third-order valence-corrected chi connectivity index (χ3v) is 5.44. The summed E-state index contributed by atoms with van der Waals surface area (Å²) in [5.74, 6) is 1.28. The van der Waals surface area contributed by atoms with Gasteiger partial charge in [-0.05, 0) is 37.3 Å². The van der Waals surface area contributed by atoms with Crippen molar-refractivity contribution >= 4 is 17.2 Å². The van der Waals surface area contributed by atoms with Crippen molar-refractivity contribution in [2.45, 2.75) is 59.7 Å². The van der Waals surface area contributed by atoms with E-state index in [9.17, 15) is 4.79 Å². The molecule has 2 rings (SSSR count). The number of amides is 1. The van der Waals surface area contributed by atoms with Gasteiger partial charge in [-0.1, -0.05) is 34.1 Å². The molecule has 3 nitrogen and oxygen atoms in total. The normalized spacial score (nSPS) is 24.1. The van der Waals surface area contributed by atoms with Crippen molar-refractivity contribution in [2.24, 2.45) is 11.8 Å². The molecular formula is C17H28N2OS. The number of aryl methyl sites for hydroxylation is 1. The van der Waals surface area contributed by atoms with Crippen LogP contribution in [0.3, 0.4) is 0 Å². The lowest BCUT2D eigenvalue weighted by atomic mass is 9.99. The molecule has 1 aromatic heterocycles. The van der Waals surface area contributed by atoms with Gasteiger partial charge in [-0.25, -0.2) is 0 Å². The molecular weight excluding hydrogens is 280 g/mol. The molecule has 1 N–H and O–H groups in total. The average Bonchev–Trinajstić information content (AvgIpc) is 2.99. The van der Waals surface area contributed by atoms with Crippen LogP contribution in [-0.4, -0.2) is 23.4 Å². The van der Waals surface area contributed by atoms with Crippen molar-refractivity contribution in [3.8, 4) is 0 Å². The summed E-state index contributed by atoms with van der Waals surface area (Å²) >= 11 is 1.79. The number of hydrogen-bond acceptors (Lipinski definition) is 3. The van der Waals surface area contributed by atoms with Gasteiger partial charge in [-0.15, -0.1) is 11.3 Å². The highest BCUT2D eigenvalue weighted by Crippen LogP contribution is 2.33. The van der Waals surface area contributed by atoms with Gasteiger partial charge in [0, 0.05) is 16.3 Å². The highest BCUT2D eigenvalue weighted by Gasteiger charge is 2.41. The molecule has 0 radical (unpaired) electrons. The van der Waals surface area contributed by atoms with E-state index in [-0.39, 0.29) is 18.1 Å². The van der Waals surface area contributed by atoms with E-state index in [4.69, 9.17) is 0 Å². The predicted octanol–water partition coefficient (Wildman–Crippen LogP) is 3.95. The fourth-order valence-electron chi connectivity index (χ4n) is 2.75. The van der Waals surface area contributed by atoms with Crippen LogP contribution in [0.5, 0.6) is 0 Å². The van der Waals surface area contributed by atoms with E-state index < -0.39 is 0 Å². The van der Waals surface area contributed by atoms with E-state index in [0.29, 0.717) is 11.8 Å². The number of rotatable bonds is 6. The summed E-state index contributed by atoms with van der Waals surface area (Å²) in [6.07, 6.45) is 2.15. The number of thiophene rings is 1. The zero-order chi connectivity index (χ0) is 15.6. The fourth-order valence-corrected chi connectivity index (χ4v) is 3.70. The van der Waals surface area contributed by atoms with Crippen molar-refractivity contribution < 1.29 is 4.79 Å². The van der Waals surface area contributed by atoms with Gasteiger partial charge in [-0.2, -0.15) is 0 Å². The van der Waals surface area contributed by atoms with E-state index >= 15 is 0 Å². The number of carbonyl (C=O) groups excluding carboxylic acids is 1. The quantitative estimate of drug-likeness (QED) is 0.863. The Morgan fingerprint density at radius 1 is 1.33 bits per heavy atom. The van der Waals surface area contributed by atoms with E-state index in [2.05, 4.69) is 57.0 Å². The Labute approximate surface area is 132 Å². The maximum absolute atomic E-state index is 12.8. The van der Waals surface area contributed by atoms with Crippen LogP contribution in [0.2, 0.25) is 0 Å². The van der Waals surface area contributed by atoms with Crippen LogP contribution in [0.4, 0.5) is 0 Å². The zero-order valence-corrected chi connectivity index (χ0v) is 14.7. The van der Waals surface area contributed by atoms with Crippen LogP contribution in [0.25, 0.3) is 0 Å². The van der Waals surface area contributed by atoms with Gasteiger partial charge >= 0.3 is 0 Å². The Morgan fingerprint density at radius 3 is 2.57 bits per heavy atom. The predicted molar refractivity (Wildman–Crippen MR) is 89.3 cm³/mol. The van der Waals surface area contributed by atoms with Crippen LogP contribution >= 0.6 is 11.3 Å². The van der Waals surface area contributed by atoms with Crippen LogP contribution in [0.15, 0.2) is 12.1 Å². The molecule has 118 valence electrons. The van der Waals surface area contributed by atoms with Crippen molar-refractivity contribution in [3.05, 3.63) is 21.9 Å². The second-order valence-electron chi connectivity index (χ2n) is 6.59. The maximum atomic E-state index is 12.8. The van der Waals surface area contributed by atoms with E-state index in [1.807, 2.05) is 0 Å². The third kappa shape index (κ3) is 3.67. The Morgan fingerprint density at radius 2 is 2.05 bits per heavy atom. The van der Waals surface area contributed by atoms with Gasteiger partial charge < -0.3 is 4.90 Å². The monoisotopic (exact) mass is 308 g/mol. The highest BCUT2D eigenvalue weighted by atomic mass is 32.1. The fraction of sp³-hybridized carbons (Fsp3) is 0.706. The Bertz CT molecular complexity index is 483. The number of hydrogen-bond donors (Lipinski definition) is 1. The van der Waals surface area contributed by atoms with Crippen molar-refractivity contribution in [1.29, 1.82) is 0 Å². The summed E-state index contributed by atoms with van der Waals surface area (Å²) in [4.78, 5) is 17.4. The molecule has 0 aromatic carbocycles. The van der Waals surface area contributed by atoms with Gasteiger partial charge in [0.2, 0.25) is 5.91 Å². The molecule has 0 bridgehead atoms. The lowest BCUT2D eigenvalue weighted by Gasteiger charge is -2.24. The summed E-state index contributed by atoms with van der Waals surface area (Å²) in [6, 6.07) is 4.27. The van der Waals surface area contributed by atoms with Crippen molar-refractivity contribution in [3.63, 3.8) is 0 Å². The summed E-state index contributed by atoms with van der Waals surface area (Å²) in [5, 5.41) is 3.58. The highest BCUT2D eigenvalue weighted by molar-refractivity contribution is 7.12. The number of nitrogens with zero attached hydrogens (tertiary/aromatic N) is 1. The van der Waals surface area contributed by atoms with Crippen molar-refractivity contribution in [1.82, 2.24) is 10.2 Å². The maximum Gasteiger partial charge on any atom is 0.241 e. The summed E-state index contributed by atoms with van der Waals surface area (Å²) < 4.78 is 0. The van der Waals surface area contributed by atoms with Crippen molar-refractivity contribution in [2.75, 3.05) is 6.54 Å². The van der Waals surface area contributed by atoms with Gasteiger partial charge in [0.1, 0.15) is 6.17 Å². The molecule has 3 atom stereocenters. The van der Waals surface area contributed by atoms with Crippen LogP contribution in [0.1, 0.15) is 56.5 Å². The first-order valence-electron chi connectivity index (χ1n) is 8.06. The molecule has 2 heterocycles. The number of nitrogens with one attached hydrogen (secondary N) is 1. The van der Waals surface area contributed by atoms with Gasteiger partial charge in [0.25, 0.3) is 0 Å². The molecule has 1 aliphatic heterocycles. The molecule has 1 aliphatic rings. The van der Waals surface area contributed by atoms with E-state index in [1.165, 1.54) is 9.75 Å². The smallest absolute Gasteiger partial charge is 0.241 e. The second kappa shape index (κ2) is 6.93. The first kappa shape index (κ1) is 16.5. The van der Waals surface area contributed by atoms with Gasteiger partial charge in [0.05, 0.1) is 6.04 Å². The summed E-state index contributed by atoms with van der Waals surface area (Å²) in [5.41, 5.74) is 0. The lowest BCUT2D eigenvalue weighted by molar-refractivity contribution is -0.131. The largest absolute Gasteiger partial charge is 0.321 e. The first-order valence-corrected chi connectivity index (χ1v) is 8.88. The Hall–Kier alpha value is -0.870. The minimum absolute atomic E-state index is 0.0328. The molecule has 4 heteroatoms. The molecule has 1 saturated heterocycles. The second-order valence-corrected chi connectivity index (χ2v) is 7.91. The summed E-state index contributed by atoms with van der Waals surface area (Å²) in [7, 11) is 0. The molecule has 1 fully saturated rings. The standard InChI is InChI=1S/C17H28N2OS/c1-6-12(4)15-17(20)19(10-9-11(2)3)16(18-15)14-8-7-13(5)21-14/h7-8,11-12,15-16,18H,6,9-10H2,1-5H3. The molecule has 3 unspecified atom stereocenters. The molecule has 0 aliphatic carbocycles. The third-order valence-electron chi connectivity index (χ3n) is 4.39. The lowest BCUT2D eigenvalue weighted by Crippen LogP contribution is -2.36. The topological polar surface area (TPSA) is 32.3 Å². The Balaban J connectivity index is 2.20. The number of carbonyl (C=O) groups is 1. The Kier molecular flexibility index (Phi) is 5.44. The molecule has 21 heavy (non-hydrogen) atoms. The minimum atomic E-state index is -0.0328. The average molecular weight is 308 g/mol. The van der Waals surface area contributed by atoms with Crippen LogP contribution in [0, 0.1) is 18.8 Å². The zero-order valence-electron chi connectivity index (χ0n) is 13.8. The van der Waals surface area contributed by atoms with Crippen LogP contribution < -0.4 is 5.32 Å². The SMILES string of the molecule is CCC(C)C1NC(c2ccc(C)s2)N(CCC(C)C)C1=O.